The molecule has 1 amide bonds. The Kier molecular flexibility index (Phi) is 6.08. The number of ether oxygens (including phenoxy) is 1. The van der Waals surface area contributed by atoms with Crippen LogP contribution in [-0.4, -0.2) is 43.3 Å². The summed E-state index contributed by atoms with van der Waals surface area (Å²) in [5, 5.41) is 16.7. The van der Waals surface area contributed by atoms with Crippen LogP contribution >= 0.6 is 0 Å². The molecule has 0 aliphatic heterocycles. The number of hydrogen-bond donors (Lipinski definition) is 3. The van der Waals surface area contributed by atoms with Crippen LogP contribution in [0.15, 0.2) is 42.5 Å². The Morgan fingerprint density at radius 1 is 1.17 bits per heavy atom. The lowest BCUT2D eigenvalue weighted by Crippen LogP contribution is -2.41. The summed E-state index contributed by atoms with van der Waals surface area (Å²) in [4.78, 5) is 23.4. The second kappa shape index (κ2) is 8.26. The third-order valence-electron chi connectivity index (χ3n) is 3.45. The molecular weight excluding hydrogens is 296 g/mol. The lowest BCUT2D eigenvalue weighted by atomic mass is 10.1. The number of methoxy groups -OCH3 is 1. The van der Waals surface area contributed by atoms with Gasteiger partial charge in [0.25, 0.3) is 0 Å². The molecular formula is C17H20N2O4. The van der Waals surface area contributed by atoms with Crippen molar-refractivity contribution in [3.63, 3.8) is 0 Å². The fourth-order valence-electron chi connectivity index (χ4n) is 2.30. The van der Waals surface area contributed by atoms with Crippen LogP contribution in [0.3, 0.4) is 0 Å². The minimum absolute atomic E-state index is 0.151. The number of amides is 1. The van der Waals surface area contributed by atoms with E-state index < -0.39 is 12.0 Å². The smallest absolute Gasteiger partial charge is 0.321 e. The van der Waals surface area contributed by atoms with Gasteiger partial charge in [0.1, 0.15) is 6.04 Å². The van der Waals surface area contributed by atoms with Crippen LogP contribution < -0.4 is 10.6 Å². The van der Waals surface area contributed by atoms with E-state index in [2.05, 4.69) is 10.6 Å². The first-order valence-corrected chi connectivity index (χ1v) is 7.34. The third kappa shape index (κ3) is 4.77. The highest BCUT2D eigenvalue weighted by Crippen LogP contribution is 2.23. The molecule has 0 bridgehead atoms. The Morgan fingerprint density at radius 3 is 2.65 bits per heavy atom. The maximum atomic E-state index is 12.2. The SMILES string of the molecule is COCCNC(CC(=O)Nc1cccc2ccccc12)C(=O)O. The quantitative estimate of drug-likeness (QED) is 0.647. The number of fused-ring (bicyclic) bond motifs is 1. The van der Waals surface area contributed by atoms with Crippen LogP contribution in [-0.2, 0) is 14.3 Å². The van der Waals surface area contributed by atoms with E-state index in [1.165, 1.54) is 7.11 Å². The van der Waals surface area contributed by atoms with E-state index in [0.29, 0.717) is 18.8 Å². The number of anilines is 1. The number of hydrogen-bond acceptors (Lipinski definition) is 4. The predicted octanol–water partition coefficient (Wildman–Crippen LogP) is 1.86. The molecule has 0 aromatic heterocycles. The zero-order valence-electron chi connectivity index (χ0n) is 12.9. The van der Waals surface area contributed by atoms with Crippen LogP contribution in [0.5, 0.6) is 0 Å². The van der Waals surface area contributed by atoms with Gasteiger partial charge in [0.15, 0.2) is 0 Å². The van der Waals surface area contributed by atoms with Crippen LogP contribution in [0.1, 0.15) is 6.42 Å². The van der Waals surface area contributed by atoms with Gasteiger partial charge in [-0.25, -0.2) is 0 Å². The highest BCUT2D eigenvalue weighted by Gasteiger charge is 2.20. The first-order valence-electron chi connectivity index (χ1n) is 7.34. The summed E-state index contributed by atoms with van der Waals surface area (Å²) in [6, 6.07) is 12.3. The van der Waals surface area contributed by atoms with Crippen molar-refractivity contribution in [2.24, 2.45) is 0 Å². The summed E-state index contributed by atoms with van der Waals surface area (Å²) in [5.41, 5.74) is 0.675. The van der Waals surface area contributed by atoms with Gasteiger partial charge in [-0.05, 0) is 11.5 Å². The van der Waals surface area contributed by atoms with Gasteiger partial charge in [-0.2, -0.15) is 0 Å². The molecule has 23 heavy (non-hydrogen) atoms. The Labute approximate surface area is 134 Å². The highest BCUT2D eigenvalue weighted by atomic mass is 16.5. The molecule has 2 rings (SSSR count). The number of aliphatic carboxylic acids is 1. The number of rotatable bonds is 8. The van der Waals surface area contributed by atoms with Gasteiger partial charge in [0.05, 0.1) is 13.0 Å². The molecule has 0 aliphatic carbocycles. The lowest BCUT2D eigenvalue weighted by molar-refractivity contribution is -0.141. The van der Waals surface area contributed by atoms with Crippen LogP contribution in [0, 0.1) is 0 Å². The van der Waals surface area contributed by atoms with Crippen LogP contribution in [0.25, 0.3) is 10.8 Å². The molecule has 0 spiro atoms. The monoisotopic (exact) mass is 316 g/mol. The first-order chi connectivity index (χ1) is 11.1. The second-order valence-electron chi connectivity index (χ2n) is 5.12. The number of carbonyl (C=O) groups excluding carboxylic acids is 1. The molecule has 1 atom stereocenters. The first kappa shape index (κ1) is 16.9. The lowest BCUT2D eigenvalue weighted by Gasteiger charge is -2.14. The maximum absolute atomic E-state index is 12.2. The predicted molar refractivity (Wildman–Crippen MR) is 88.5 cm³/mol. The molecule has 3 N–H and O–H groups in total. The molecule has 0 heterocycles. The van der Waals surface area contributed by atoms with Crippen molar-refractivity contribution in [3.8, 4) is 0 Å². The van der Waals surface area contributed by atoms with Crippen molar-refractivity contribution >= 4 is 28.3 Å². The average molecular weight is 316 g/mol. The molecule has 1 unspecified atom stereocenters. The summed E-state index contributed by atoms with van der Waals surface area (Å²) < 4.78 is 4.86. The normalized spacial score (nSPS) is 12.0. The van der Waals surface area contributed by atoms with Crippen molar-refractivity contribution < 1.29 is 19.4 Å². The van der Waals surface area contributed by atoms with Crippen molar-refractivity contribution in [1.29, 1.82) is 0 Å². The van der Waals surface area contributed by atoms with E-state index in [1.807, 2.05) is 36.4 Å². The van der Waals surface area contributed by atoms with E-state index in [4.69, 9.17) is 4.74 Å². The third-order valence-corrected chi connectivity index (χ3v) is 3.45. The zero-order chi connectivity index (χ0) is 16.7. The average Bonchev–Trinajstić information content (AvgIpc) is 2.54. The summed E-state index contributed by atoms with van der Waals surface area (Å²) >= 11 is 0. The molecule has 122 valence electrons. The molecule has 2 aromatic rings. The van der Waals surface area contributed by atoms with E-state index in [1.54, 1.807) is 6.07 Å². The number of carboxylic acid groups (broad SMARTS) is 1. The fourth-order valence-corrected chi connectivity index (χ4v) is 2.30. The molecule has 6 nitrogen and oxygen atoms in total. The number of nitrogens with one attached hydrogen (secondary N) is 2. The van der Waals surface area contributed by atoms with Gasteiger partial charge in [0.2, 0.25) is 5.91 Å². The summed E-state index contributed by atoms with van der Waals surface area (Å²) in [5.74, 6) is -1.41. The van der Waals surface area contributed by atoms with Gasteiger partial charge in [0, 0.05) is 24.7 Å². The Morgan fingerprint density at radius 2 is 1.91 bits per heavy atom. The molecule has 2 aromatic carbocycles. The minimum Gasteiger partial charge on any atom is -0.480 e. The number of benzene rings is 2. The fraction of sp³-hybridized carbons (Fsp3) is 0.294. The van der Waals surface area contributed by atoms with E-state index >= 15 is 0 Å². The van der Waals surface area contributed by atoms with Crippen LogP contribution in [0.4, 0.5) is 5.69 Å². The summed E-state index contributed by atoms with van der Waals surface area (Å²) in [7, 11) is 1.53. The molecule has 0 fully saturated rings. The standard InChI is InChI=1S/C17H20N2O4/c1-23-10-9-18-15(17(21)22)11-16(20)19-14-8-4-6-12-5-2-3-7-13(12)14/h2-8,15,18H,9-11H2,1H3,(H,19,20)(H,21,22). The zero-order valence-corrected chi connectivity index (χ0v) is 12.9. The van der Waals surface area contributed by atoms with Crippen molar-refractivity contribution in [2.75, 3.05) is 25.6 Å². The Hall–Kier alpha value is -2.44. The number of carboxylic acids is 1. The topological polar surface area (TPSA) is 87.7 Å². The second-order valence-corrected chi connectivity index (χ2v) is 5.12. The van der Waals surface area contributed by atoms with Gasteiger partial charge >= 0.3 is 5.97 Å². The van der Waals surface area contributed by atoms with Crippen molar-refractivity contribution in [1.82, 2.24) is 5.32 Å². The van der Waals surface area contributed by atoms with Crippen molar-refractivity contribution in [2.45, 2.75) is 12.5 Å². The molecule has 0 aliphatic rings. The van der Waals surface area contributed by atoms with E-state index in [9.17, 15) is 14.7 Å². The summed E-state index contributed by atoms with van der Waals surface area (Å²) in [6.45, 7) is 0.754. The van der Waals surface area contributed by atoms with E-state index in [0.717, 1.165) is 10.8 Å². The minimum atomic E-state index is -1.06. The molecule has 6 heteroatoms. The molecule has 0 saturated heterocycles. The van der Waals surface area contributed by atoms with Gasteiger partial charge in [-0.3, -0.25) is 9.59 Å². The highest BCUT2D eigenvalue weighted by molar-refractivity contribution is 6.03. The van der Waals surface area contributed by atoms with Gasteiger partial charge < -0.3 is 20.5 Å². The Bertz CT molecular complexity index is 682. The maximum Gasteiger partial charge on any atom is 0.321 e. The largest absolute Gasteiger partial charge is 0.480 e. The van der Waals surface area contributed by atoms with Crippen molar-refractivity contribution in [3.05, 3.63) is 42.5 Å². The van der Waals surface area contributed by atoms with Gasteiger partial charge in [-0.15, -0.1) is 0 Å². The van der Waals surface area contributed by atoms with E-state index in [-0.39, 0.29) is 12.3 Å². The summed E-state index contributed by atoms with van der Waals surface area (Å²) in [6.07, 6.45) is -0.151. The van der Waals surface area contributed by atoms with Crippen LogP contribution in [0.2, 0.25) is 0 Å². The number of carbonyl (C=O) groups is 2. The molecule has 0 radical (unpaired) electrons. The Balaban J connectivity index is 2.03. The van der Waals surface area contributed by atoms with Gasteiger partial charge in [-0.1, -0.05) is 36.4 Å². The molecule has 0 saturated carbocycles.